The number of furan rings is 1. The normalized spacial score (nSPS) is 19.9. The van der Waals surface area contributed by atoms with Gasteiger partial charge >= 0.3 is 6.03 Å². The van der Waals surface area contributed by atoms with E-state index in [1.54, 1.807) is 31.2 Å². The number of rotatable bonds is 5. The number of aryl methyl sites for hydroxylation is 1. The summed E-state index contributed by atoms with van der Waals surface area (Å²) in [5, 5.41) is 2.59. The molecule has 1 N–H and O–H groups in total. The van der Waals surface area contributed by atoms with Crippen LogP contribution in [0.4, 0.5) is 4.79 Å². The largest absolute Gasteiger partial charge is 0.496 e. The molecule has 1 aromatic heterocycles. The van der Waals surface area contributed by atoms with Crippen LogP contribution in [-0.4, -0.2) is 36.3 Å². The Morgan fingerprint density at radius 3 is 2.72 bits per heavy atom. The second kappa shape index (κ2) is 6.08. The molecule has 1 atom stereocenters. The summed E-state index contributed by atoms with van der Waals surface area (Å²) < 4.78 is 10.5. The van der Waals surface area contributed by atoms with Gasteiger partial charge < -0.3 is 14.5 Å². The fourth-order valence-electron chi connectivity index (χ4n) is 2.84. The first-order valence-electron chi connectivity index (χ1n) is 7.72. The third-order valence-corrected chi connectivity index (χ3v) is 4.25. The molecule has 1 saturated heterocycles. The first-order chi connectivity index (χ1) is 11.9. The molecule has 25 heavy (non-hydrogen) atoms. The zero-order valence-corrected chi connectivity index (χ0v) is 14.2. The van der Waals surface area contributed by atoms with Crippen LogP contribution in [-0.2, 0) is 10.3 Å². The van der Waals surface area contributed by atoms with Gasteiger partial charge in [-0.25, -0.2) is 4.79 Å². The lowest BCUT2D eigenvalue weighted by molar-refractivity contribution is -0.131. The fourth-order valence-corrected chi connectivity index (χ4v) is 2.84. The third kappa shape index (κ3) is 2.77. The summed E-state index contributed by atoms with van der Waals surface area (Å²) in [5.74, 6) is -0.203. The summed E-state index contributed by atoms with van der Waals surface area (Å²) in [5.41, 5.74) is -0.117. The van der Waals surface area contributed by atoms with Crippen LogP contribution in [0.15, 0.2) is 41.0 Å². The van der Waals surface area contributed by atoms with E-state index in [2.05, 4.69) is 5.32 Å². The first kappa shape index (κ1) is 16.8. The SMILES string of the molecule is COc1ccc(C)cc1C(=O)CN1C(=O)N[C@](C)(c2ccco2)C1=O. The summed E-state index contributed by atoms with van der Waals surface area (Å²) in [6.07, 6.45) is 1.42. The Labute approximate surface area is 144 Å². The molecule has 0 aliphatic carbocycles. The molecule has 2 aromatic rings. The van der Waals surface area contributed by atoms with E-state index >= 15 is 0 Å². The van der Waals surface area contributed by atoms with Crippen LogP contribution in [0.3, 0.4) is 0 Å². The lowest BCUT2D eigenvalue weighted by atomic mass is 9.99. The molecule has 2 heterocycles. The maximum absolute atomic E-state index is 12.7. The highest BCUT2D eigenvalue weighted by atomic mass is 16.5. The minimum atomic E-state index is -1.32. The number of ketones is 1. The van der Waals surface area contributed by atoms with Gasteiger partial charge in [-0.15, -0.1) is 0 Å². The van der Waals surface area contributed by atoms with Gasteiger partial charge in [0.15, 0.2) is 11.3 Å². The zero-order chi connectivity index (χ0) is 18.2. The van der Waals surface area contributed by atoms with Crippen molar-refractivity contribution in [2.45, 2.75) is 19.4 Å². The van der Waals surface area contributed by atoms with E-state index in [9.17, 15) is 14.4 Å². The highest BCUT2D eigenvalue weighted by molar-refractivity contribution is 6.11. The van der Waals surface area contributed by atoms with E-state index in [0.29, 0.717) is 17.1 Å². The molecular formula is C18H18N2O5. The van der Waals surface area contributed by atoms with E-state index in [1.165, 1.54) is 13.4 Å². The topological polar surface area (TPSA) is 88.8 Å². The van der Waals surface area contributed by atoms with Crippen LogP contribution in [0.2, 0.25) is 0 Å². The van der Waals surface area contributed by atoms with Crippen molar-refractivity contribution in [1.29, 1.82) is 0 Å². The van der Waals surface area contributed by atoms with Gasteiger partial charge in [0.25, 0.3) is 5.91 Å². The molecule has 7 nitrogen and oxygen atoms in total. The Balaban J connectivity index is 1.86. The van der Waals surface area contributed by atoms with Crippen molar-refractivity contribution >= 4 is 17.7 Å². The Hall–Kier alpha value is -3.09. The quantitative estimate of drug-likeness (QED) is 0.665. The maximum Gasteiger partial charge on any atom is 0.325 e. The minimum Gasteiger partial charge on any atom is -0.496 e. The average molecular weight is 342 g/mol. The van der Waals surface area contributed by atoms with Crippen LogP contribution in [0.1, 0.15) is 28.6 Å². The summed E-state index contributed by atoms with van der Waals surface area (Å²) >= 11 is 0. The molecule has 7 heteroatoms. The van der Waals surface area contributed by atoms with Crippen molar-refractivity contribution < 1.29 is 23.5 Å². The number of urea groups is 1. The first-order valence-corrected chi connectivity index (χ1v) is 7.72. The van der Waals surface area contributed by atoms with Gasteiger partial charge in [-0.05, 0) is 38.1 Å². The highest BCUT2D eigenvalue weighted by Crippen LogP contribution is 2.29. The number of Topliss-reactive ketones (excluding diaryl/α,β-unsaturated/α-hetero) is 1. The predicted octanol–water partition coefficient (Wildman–Crippen LogP) is 2.25. The van der Waals surface area contributed by atoms with E-state index in [4.69, 9.17) is 9.15 Å². The lowest BCUT2D eigenvalue weighted by Crippen LogP contribution is -2.41. The Kier molecular flexibility index (Phi) is 4.08. The van der Waals surface area contributed by atoms with Crippen LogP contribution in [0, 0.1) is 6.92 Å². The molecule has 3 rings (SSSR count). The monoisotopic (exact) mass is 342 g/mol. The minimum absolute atomic E-state index is 0.314. The van der Waals surface area contributed by atoms with Gasteiger partial charge in [-0.1, -0.05) is 11.6 Å². The molecule has 0 radical (unpaired) electrons. The lowest BCUT2D eigenvalue weighted by Gasteiger charge is -2.19. The van der Waals surface area contributed by atoms with Crippen molar-refractivity contribution in [3.8, 4) is 5.75 Å². The van der Waals surface area contributed by atoms with Gasteiger partial charge in [0.2, 0.25) is 0 Å². The van der Waals surface area contributed by atoms with Crippen LogP contribution in [0.25, 0.3) is 0 Å². The summed E-state index contributed by atoms with van der Waals surface area (Å²) in [4.78, 5) is 38.5. The Morgan fingerprint density at radius 1 is 1.32 bits per heavy atom. The number of amides is 3. The summed E-state index contributed by atoms with van der Waals surface area (Å²) in [6.45, 7) is 3.02. The molecule has 0 bridgehead atoms. The van der Waals surface area contributed by atoms with Crippen LogP contribution >= 0.6 is 0 Å². The molecule has 0 unspecified atom stereocenters. The smallest absolute Gasteiger partial charge is 0.325 e. The second-order valence-electron chi connectivity index (χ2n) is 6.05. The van der Waals surface area contributed by atoms with Crippen molar-refractivity contribution in [3.63, 3.8) is 0 Å². The molecule has 1 aliphatic rings. The number of carbonyl (C=O) groups excluding carboxylic acids is 3. The van der Waals surface area contributed by atoms with Gasteiger partial charge in [-0.3, -0.25) is 14.5 Å². The number of nitrogens with zero attached hydrogens (tertiary/aromatic N) is 1. The average Bonchev–Trinajstić information content (AvgIpc) is 3.19. The van der Waals surface area contributed by atoms with Gasteiger partial charge in [0, 0.05) is 0 Å². The summed E-state index contributed by atoms with van der Waals surface area (Å²) in [7, 11) is 1.46. The van der Waals surface area contributed by atoms with Crippen LogP contribution < -0.4 is 10.1 Å². The molecule has 1 aliphatic heterocycles. The van der Waals surface area contributed by atoms with Gasteiger partial charge in [0.1, 0.15) is 11.5 Å². The molecular weight excluding hydrogens is 324 g/mol. The van der Waals surface area contributed by atoms with E-state index in [0.717, 1.165) is 10.5 Å². The van der Waals surface area contributed by atoms with Crippen molar-refractivity contribution in [3.05, 3.63) is 53.5 Å². The standard InChI is InChI=1S/C18H18N2O5/c1-11-6-7-14(24-3)12(9-11)13(21)10-20-16(22)18(2,19-17(20)23)15-5-4-8-25-15/h4-9H,10H2,1-3H3,(H,19,23)/t18-/m1/s1. The Bertz CT molecular complexity index is 843. The maximum atomic E-state index is 12.7. The number of nitrogens with one attached hydrogen (secondary N) is 1. The number of methoxy groups -OCH3 is 1. The number of ether oxygens (including phenoxy) is 1. The number of hydrogen-bond acceptors (Lipinski definition) is 5. The van der Waals surface area contributed by atoms with E-state index in [-0.39, 0.29) is 12.3 Å². The number of imide groups is 1. The number of benzene rings is 1. The molecule has 1 aromatic carbocycles. The van der Waals surface area contributed by atoms with Crippen molar-refractivity contribution in [2.24, 2.45) is 0 Å². The van der Waals surface area contributed by atoms with E-state index < -0.39 is 17.5 Å². The Morgan fingerprint density at radius 2 is 2.08 bits per heavy atom. The van der Waals surface area contributed by atoms with Crippen molar-refractivity contribution in [2.75, 3.05) is 13.7 Å². The highest BCUT2D eigenvalue weighted by Gasteiger charge is 2.51. The van der Waals surface area contributed by atoms with Gasteiger partial charge in [0.05, 0.1) is 25.5 Å². The second-order valence-corrected chi connectivity index (χ2v) is 6.05. The van der Waals surface area contributed by atoms with Gasteiger partial charge in [-0.2, -0.15) is 0 Å². The zero-order valence-electron chi connectivity index (χ0n) is 14.2. The van der Waals surface area contributed by atoms with Crippen molar-refractivity contribution in [1.82, 2.24) is 10.2 Å². The number of carbonyl (C=O) groups is 3. The van der Waals surface area contributed by atoms with E-state index in [1.807, 2.05) is 13.0 Å². The molecule has 0 saturated carbocycles. The molecule has 0 spiro atoms. The summed E-state index contributed by atoms with van der Waals surface area (Å²) in [6, 6.07) is 7.77. The molecule has 130 valence electrons. The number of hydrogen-bond donors (Lipinski definition) is 1. The molecule has 3 amide bonds. The predicted molar refractivity (Wildman–Crippen MR) is 88.4 cm³/mol. The third-order valence-electron chi connectivity index (χ3n) is 4.25. The fraction of sp³-hybridized carbons (Fsp3) is 0.278. The molecule has 1 fully saturated rings. The van der Waals surface area contributed by atoms with Crippen LogP contribution in [0.5, 0.6) is 5.75 Å².